The van der Waals surface area contributed by atoms with Gasteiger partial charge in [0, 0.05) is 12.0 Å². The van der Waals surface area contributed by atoms with Gasteiger partial charge >= 0.3 is 0 Å². The Morgan fingerprint density at radius 2 is 2.12 bits per heavy atom. The Bertz CT molecular complexity index is 208. The lowest BCUT2D eigenvalue weighted by Crippen LogP contribution is -2.46. The summed E-state index contributed by atoms with van der Waals surface area (Å²) in [5.74, 6) is 1.04. The molecule has 1 fully saturated rings. The highest BCUT2D eigenvalue weighted by molar-refractivity contribution is 5.78. The molecule has 0 aromatic carbocycles. The van der Waals surface area contributed by atoms with Crippen LogP contribution in [0.2, 0.25) is 0 Å². The summed E-state index contributed by atoms with van der Waals surface area (Å²) in [5.41, 5.74) is 0. The first-order chi connectivity index (χ1) is 7.69. The molecular weight excluding hydrogens is 200 g/mol. The molecule has 0 radical (unpaired) electrons. The van der Waals surface area contributed by atoms with Gasteiger partial charge in [-0.05, 0) is 51.6 Å². The van der Waals surface area contributed by atoms with Gasteiger partial charge in [0.1, 0.15) is 0 Å². The summed E-state index contributed by atoms with van der Waals surface area (Å²) in [6.07, 6.45) is 4.35. The number of hydrogen-bond donors (Lipinski definition) is 2. The van der Waals surface area contributed by atoms with E-state index in [-0.39, 0.29) is 11.8 Å². The van der Waals surface area contributed by atoms with E-state index in [0.29, 0.717) is 12.0 Å². The summed E-state index contributed by atoms with van der Waals surface area (Å²) in [6.45, 7) is 8.48. The molecule has 1 aliphatic rings. The average Bonchev–Trinajstić information content (AvgIpc) is 2.31. The van der Waals surface area contributed by atoms with Crippen LogP contribution in [-0.4, -0.2) is 25.0 Å². The molecular formula is C13H26N2O. The molecule has 0 spiro atoms. The lowest BCUT2D eigenvalue weighted by atomic mass is 9.92. The molecule has 2 unspecified atom stereocenters. The van der Waals surface area contributed by atoms with Crippen LogP contribution in [0.15, 0.2) is 0 Å². The molecule has 0 saturated carbocycles. The number of carbonyl (C=O) groups is 1. The fourth-order valence-corrected chi connectivity index (χ4v) is 2.43. The Balaban J connectivity index is 2.36. The lowest BCUT2D eigenvalue weighted by molar-refractivity contribution is -0.126. The van der Waals surface area contributed by atoms with Crippen LogP contribution in [-0.2, 0) is 4.79 Å². The van der Waals surface area contributed by atoms with Gasteiger partial charge in [0.2, 0.25) is 5.91 Å². The van der Waals surface area contributed by atoms with E-state index in [1.165, 1.54) is 12.8 Å². The minimum Gasteiger partial charge on any atom is -0.353 e. The van der Waals surface area contributed by atoms with Gasteiger partial charge in [-0.2, -0.15) is 0 Å². The Morgan fingerprint density at radius 1 is 1.44 bits per heavy atom. The van der Waals surface area contributed by atoms with E-state index in [1.807, 2.05) is 0 Å². The Kier molecular flexibility index (Phi) is 5.81. The minimum absolute atomic E-state index is 0.194. The number of amides is 1. The van der Waals surface area contributed by atoms with E-state index >= 15 is 0 Å². The third kappa shape index (κ3) is 3.78. The van der Waals surface area contributed by atoms with Gasteiger partial charge in [-0.3, -0.25) is 4.79 Å². The maximum Gasteiger partial charge on any atom is 0.223 e. The van der Waals surface area contributed by atoms with Crippen LogP contribution < -0.4 is 10.6 Å². The van der Waals surface area contributed by atoms with Crippen molar-refractivity contribution in [2.24, 2.45) is 11.8 Å². The third-order valence-electron chi connectivity index (χ3n) is 3.77. The van der Waals surface area contributed by atoms with E-state index in [4.69, 9.17) is 0 Å². The van der Waals surface area contributed by atoms with Crippen LogP contribution in [0.3, 0.4) is 0 Å². The predicted molar refractivity (Wildman–Crippen MR) is 67.3 cm³/mol. The number of nitrogens with one attached hydrogen (secondary N) is 2. The fraction of sp³-hybridized carbons (Fsp3) is 0.923. The average molecular weight is 226 g/mol. The van der Waals surface area contributed by atoms with Gasteiger partial charge in [0.05, 0.1) is 0 Å². The maximum atomic E-state index is 11.9. The zero-order chi connectivity index (χ0) is 12.0. The molecule has 3 heteroatoms. The normalized spacial score (nSPS) is 23.1. The summed E-state index contributed by atoms with van der Waals surface area (Å²) >= 11 is 0. The summed E-state index contributed by atoms with van der Waals surface area (Å²) in [7, 11) is 0. The van der Waals surface area contributed by atoms with Crippen molar-refractivity contribution < 1.29 is 4.79 Å². The van der Waals surface area contributed by atoms with Crippen LogP contribution in [0.25, 0.3) is 0 Å². The van der Waals surface area contributed by atoms with Crippen molar-refractivity contribution in [1.82, 2.24) is 10.6 Å². The molecule has 0 bridgehead atoms. The van der Waals surface area contributed by atoms with Gasteiger partial charge in [-0.25, -0.2) is 0 Å². The molecule has 1 aliphatic heterocycles. The molecule has 1 rings (SSSR count). The number of hydrogen-bond acceptors (Lipinski definition) is 2. The van der Waals surface area contributed by atoms with Gasteiger partial charge in [-0.15, -0.1) is 0 Å². The number of carbonyl (C=O) groups excluding carboxylic acids is 1. The van der Waals surface area contributed by atoms with E-state index in [9.17, 15) is 4.79 Å². The molecule has 3 nitrogen and oxygen atoms in total. The number of rotatable bonds is 5. The molecule has 0 aromatic heterocycles. The summed E-state index contributed by atoms with van der Waals surface area (Å²) in [5, 5.41) is 6.57. The van der Waals surface area contributed by atoms with Crippen LogP contribution in [0.4, 0.5) is 0 Å². The topological polar surface area (TPSA) is 41.1 Å². The van der Waals surface area contributed by atoms with Gasteiger partial charge in [0.15, 0.2) is 0 Å². The predicted octanol–water partition coefficient (Wildman–Crippen LogP) is 1.93. The fourth-order valence-electron chi connectivity index (χ4n) is 2.43. The molecule has 1 saturated heterocycles. The molecule has 16 heavy (non-hydrogen) atoms. The molecule has 2 atom stereocenters. The first kappa shape index (κ1) is 13.5. The zero-order valence-corrected chi connectivity index (χ0v) is 10.9. The Labute approximate surface area is 99.4 Å². The van der Waals surface area contributed by atoms with E-state index in [2.05, 4.69) is 31.4 Å². The molecule has 1 heterocycles. The first-order valence-electron chi connectivity index (χ1n) is 6.70. The highest BCUT2D eigenvalue weighted by atomic mass is 16.1. The van der Waals surface area contributed by atoms with Gasteiger partial charge in [0.25, 0.3) is 0 Å². The first-order valence-corrected chi connectivity index (χ1v) is 6.70. The van der Waals surface area contributed by atoms with Crippen molar-refractivity contribution in [3.63, 3.8) is 0 Å². The summed E-state index contributed by atoms with van der Waals surface area (Å²) < 4.78 is 0. The third-order valence-corrected chi connectivity index (χ3v) is 3.77. The molecule has 0 aliphatic carbocycles. The SMILES string of the molecule is CCC(CC)C(=O)NC(C)C1CCCNC1. The van der Waals surface area contributed by atoms with Crippen molar-refractivity contribution in [3.05, 3.63) is 0 Å². The highest BCUT2D eigenvalue weighted by Crippen LogP contribution is 2.15. The Morgan fingerprint density at radius 3 is 2.62 bits per heavy atom. The maximum absolute atomic E-state index is 11.9. The van der Waals surface area contributed by atoms with Crippen molar-refractivity contribution in [3.8, 4) is 0 Å². The standard InChI is InChI=1S/C13H26N2O/c1-4-11(5-2)13(16)15-10(3)12-7-6-8-14-9-12/h10-12,14H,4-9H2,1-3H3,(H,15,16). The second-order valence-electron chi connectivity index (χ2n) is 4.92. The zero-order valence-electron chi connectivity index (χ0n) is 10.9. The largest absolute Gasteiger partial charge is 0.353 e. The van der Waals surface area contributed by atoms with Crippen molar-refractivity contribution >= 4 is 5.91 Å². The van der Waals surface area contributed by atoms with Gasteiger partial charge < -0.3 is 10.6 Å². The molecule has 1 amide bonds. The van der Waals surface area contributed by atoms with Gasteiger partial charge in [-0.1, -0.05) is 13.8 Å². The molecule has 0 aromatic rings. The second-order valence-corrected chi connectivity index (χ2v) is 4.92. The number of piperidine rings is 1. The van der Waals surface area contributed by atoms with Crippen molar-refractivity contribution in [2.75, 3.05) is 13.1 Å². The monoisotopic (exact) mass is 226 g/mol. The molecule has 94 valence electrons. The lowest BCUT2D eigenvalue weighted by Gasteiger charge is -2.29. The van der Waals surface area contributed by atoms with Crippen molar-refractivity contribution in [2.45, 2.75) is 52.5 Å². The summed E-state index contributed by atoms with van der Waals surface area (Å²) in [4.78, 5) is 11.9. The van der Waals surface area contributed by atoms with E-state index < -0.39 is 0 Å². The quantitative estimate of drug-likeness (QED) is 0.752. The molecule has 2 N–H and O–H groups in total. The van der Waals surface area contributed by atoms with Crippen molar-refractivity contribution in [1.29, 1.82) is 0 Å². The van der Waals surface area contributed by atoms with Crippen LogP contribution >= 0.6 is 0 Å². The minimum atomic E-state index is 0.194. The van der Waals surface area contributed by atoms with Crippen LogP contribution in [0.1, 0.15) is 46.5 Å². The Hall–Kier alpha value is -0.570. The van der Waals surface area contributed by atoms with Crippen LogP contribution in [0, 0.1) is 11.8 Å². The van der Waals surface area contributed by atoms with E-state index in [0.717, 1.165) is 25.9 Å². The summed E-state index contributed by atoms with van der Waals surface area (Å²) in [6, 6.07) is 0.306. The smallest absolute Gasteiger partial charge is 0.223 e. The second kappa shape index (κ2) is 6.89. The highest BCUT2D eigenvalue weighted by Gasteiger charge is 2.23. The van der Waals surface area contributed by atoms with E-state index in [1.54, 1.807) is 0 Å². The van der Waals surface area contributed by atoms with Crippen LogP contribution in [0.5, 0.6) is 0 Å².